The zero-order valence-electron chi connectivity index (χ0n) is 19.8. The fraction of sp³-hybridized carbons (Fsp3) is 0.640. The number of amides is 2. The molecule has 0 aliphatic carbocycles. The minimum atomic E-state index is -0.379. The molecule has 7 heteroatoms. The van der Waals surface area contributed by atoms with Crippen molar-refractivity contribution in [3.8, 4) is 11.8 Å². The van der Waals surface area contributed by atoms with Crippen molar-refractivity contribution in [1.82, 2.24) is 14.7 Å². The van der Waals surface area contributed by atoms with Gasteiger partial charge >= 0.3 is 0 Å². The van der Waals surface area contributed by atoms with E-state index in [0.29, 0.717) is 32.7 Å². The van der Waals surface area contributed by atoms with Crippen molar-refractivity contribution in [2.24, 2.45) is 11.8 Å². The van der Waals surface area contributed by atoms with Crippen LogP contribution in [-0.2, 0) is 9.59 Å². The van der Waals surface area contributed by atoms with E-state index >= 15 is 0 Å². The predicted octanol–water partition coefficient (Wildman–Crippen LogP) is 3.08. The van der Waals surface area contributed by atoms with Crippen molar-refractivity contribution in [2.75, 3.05) is 39.8 Å². The van der Waals surface area contributed by atoms with Gasteiger partial charge in [0.05, 0.1) is 25.1 Å². The van der Waals surface area contributed by atoms with Crippen LogP contribution in [0.25, 0.3) is 0 Å². The van der Waals surface area contributed by atoms with Crippen molar-refractivity contribution in [1.29, 1.82) is 5.26 Å². The smallest absolute Gasteiger partial charge is 0.228 e. The molecule has 2 heterocycles. The summed E-state index contributed by atoms with van der Waals surface area (Å²) in [6.07, 6.45) is 2.17. The van der Waals surface area contributed by atoms with Crippen molar-refractivity contribution < 1.29 is 14.3 Å². The number of nitrogens with zero attached hydrogens (tertiary/aromatic N) is 4. The number of carbonyl (C=O) groups excluding carboxylic acids is 2. The van der Waals surface area contributed by atoms with Crippen LogP contribution in [0.2, 0.25) is 0 Å². The highest BCUT2D eigenvalue weighted by molar-refractivity contribution is 5.90. The highest BCUT2D eigenvalue weighted by Gasteiger charge is 2.46. The zero-order valence-corrected chi connectivity index (χ0v) is 19.8. The van der Waals surface area contributed by atoms with E-state index in [9.17, 15) is 14.9 Å². The normalized spacial score (nSPS) is 22.8. The molecule has 0 spiro atoms. The van der Waals surface area contributed by atoms with Crippen molar-refractivity contribution in [3.63, 3.8) is 0 Å². The molecule has 1 aromatic carbocycles. The van der Waals surface area contributed by atoms with Gasteiger partial charge in [-0.15, -0.1) is 0 Å². The molecule has 2 aliphatic heterocycles. The molecule has 2 saturated heterocycles. The maximum absolute atomic E-state index is 13.6. The Balaban J connectivity index is 1.77. The van der Waals surface area contributed by atoms with Gasteiger partial charge in [-0.1, -0.05) is 39.3 Å². The minimum Gasteiger partial charge on any atom is -0.497 e. The van der Waals surface area contributed by atoms with Crippen LogP contribution in [0.3, 0.4) is 0 Å². The van der Waals surface area contributed by atoms with E-state index in [2.05, 4.69) is 31.7 Å². The quantitative estimate of drug-likeness (QED) is 0.621. The molecule has 2 aliphatic rings. The molecule has 0 radical (unpaired) electrons. The van der Waals surface area contributed by atoms with E-state index in [1.54, 1.807) is 7.11 Å². The fourth-order valence-electron chi connectivity index (χ4n) is 4.92. The third kappa shape index (κ3) is 5.07. The van der Waals surface area contributed by atoms with Crippen LogP contribution in [0, 0.1) is 23.2 Å². The molecule has 0 N–H and O–H groups in total. The molecule has 1 aromatic rings. The summed E-state index contributed by atoms with van der Waals surface area (Å²) in [5.74, 6) is 0.739. The molecular weight excluding hydrogens is 404 g/mol. The lowest BCUT2D eigenvalue weighted by Crippen LogP contribution is -2.54. The molecule has 32 heavy (non-hydrogen) atoms. The second-order valence-corrected chi connectivity index (χ2v) is 9.15. The van der Waals surface area contributed by atoms with Gasteiger partial charge in [0.15, 0.2) is 0 Å². The number of unbranched alkanes of at least 4 members (excludes halogenated alkanes) is 1. The molecule has 0 saturated carbocycles. The van der Waals surface area contributed by atoms with Gasteiger partial charge in [-0.25, -0.2) is 0 Å². The van der Waals surface area contributed by atoms with Crippen molar-refractivity contribution in [2.45, 2.75) is 52.1 Å². The Morgan fingerprint density at radius 2 is 1.84 bits per heavy atom. The van der Waals surface area contributed by atoms with Crippen molar-refractivity contribution in [3.05, 3.63) is 29.8 Å². The minimum absolute atomic E-state index is 0.0517. The Kier molecular flexibility index (Phi) is 8.14. The second-order valence-electron chi connectivity index (χ2n) is 9.15. The van der Waals surface area contributed by atoms with Gasteiger partial charge < -0.3 is 14.5 Å². The van der Waals surface area contributed by atoms with Crippen LogP contribution < -0.4 is 4.74 Å². The largest absolute Gasteiger partial charge is 0.497 e. The Morgan fingerprint density at radius 3 is 2.38 bits per heavy atom. The summed E-state index contributed by atoms with van der Waals surface area (Å²) in [5, 5.41) is 9.50. The molecule has 7 nitrogen and oxygen atoms in total. The summed E-state index contributed by atoms with van der Waals surface area (Å²) in [5.41, 5.74) is 0.981. The third-order valence-corrected chi connectivity index (χ3v) is 6.74. The van der Waals surface area contributed by atoms with Gasteiger partial charge in [0.1, 0.15) is 11.8 Å². The van der Waals surface area contributed by atoms with Crippen LogP contribution in [0.4, 0.5) is 0 Å². The number of ether oxygens (including phenoxy) is 1. The van der Waals surface area contributed by atoms with Crippen LogP contribution in [-0.4, -0.2) is 72.4 Å². The van der Waals surface area contributed by atoms with Gasteiger partial charge in [0.2, 0.25) is 11.8 Å². The Morgan fingerprint density at radius 1 is 1.19 bits per heavy atom. The van der Waals surface area contributed by atoms with Crippen LogP contribution >= 0.6 is 0 Å². The van der Waals surface area contributed by atoms with E-state index < -0.39 is 0 Å². The Bertz CT molecular complexity index is 825. The fourth-order valence-corrected chi connectivity index (χ4v) is 4.92. The van der Waals surface area contributed by atoms with Crippen LogP contribution in [0.1, 0.15) is 51.6 Å². The summed E-state index contributed by atoms with van der Waals surface area (Å²) in [4.78, 5) is 32.5. The lowest BCUT2D eigenvalue weighted by molar-refractivity contribution is -0.138. The summed E-state index contributed by atoms with van der Waals surface area (Å²) < 4.78 is 5.29. The summed E-state index contributed by atoms with van der Waals surface area (Å²) in [6.45, 7) is 9.46. The lowest BCUT2D eigenvalue weighted by atomic mass is 9.91. The van der Waals surface area contributed by atoms with E-state index in [-0.39, 0.29) is 42.2 Å². The van der Waals surface area contributed by atoms with Gasteiger partial charge in [0.25, 0.3) is 0 Å². The molecule has 174 valence electrons. The average molecular weight is 441 g/mol. The number of nitriles is 1. The van der Waals surface area contributed by atoms with Crippen LogP contribution in [0.15, 0.2) is 24.3 Å². The number of hydrogen-bond donors (Lipinski definition) is 0. The number of carbonyl (C=O) groups is 2. The maximum Gasteiger partial charge on any atom is 0.228 e. The first-order valence-electron chi connectivity index (χ1n) is 11.8. The van der Waals surface area contributed by atoms with E-state index in [4.69, 9.17) is 4.74 Å². The SMILES string of the molecule is CCCCN1C(=O)CC(C(=O)N2CCN(C(C#N)C(C)C)CC2)C1c1ccc(OC)cc1. The number of hydrogen-bond acceptors (Lipinski definition) is 5. The zero-order chi connectivity index (χ0) is 23.3. The predicted molar refractivity (Wildman–Crippen MR) is 123 cm³/mol. The van der Waals surface area contributed by atoms with Crippen molar-refractivity contribution >= 4 is 11.8 Å². The first-order valence-corrected chi connectivity index (χ1v) is 11.8. The van der Waals surface area contributed by atoms with Crippen LogP contribution in [0.5, 0.6) is 5.75 Å². The monoisotopic (exact) mass is 440 g/mol. The molecular formula is C25H36N4O3. The lowest BCUT2D eigenvalue weighted by Gasteiger charge is -2.39. The number of likely N-dealkylation sites (tertiary alicyclic amines) is 1. The average Bonchev–Trinajstić information content (AvgIpc) is 3.13. The molecule has 3 unspecified atom stereocenters. The number of benzene rings is 1. The molecule has 0 bridgehead atoms. The topological polar surface area (TPSA) is 76.9 Å². The molecule has 2 fully saturated rings. The molecule has 2 amide bonds. The van der Waals surface area contributed by atoms with Gasteiger partial charge in [-0.05, 0) is 30.0 Å². The highest BCUT2D eigenvalue weighted by Crippen LogP contribution is 2.40. The van der Waals surface area contributed by atoms with E-state index in [1.165, 1.54) is 0 Å². The molecule has 3 atom stereocenters. The van der Waals surface area contributed by atoms with E-state index in [0.717, 1.165) is 24.2 Å². The summed E-state index contributed by atoms with van der Waals surface area (Å²) in [7, 11) is 1.63. The van der Waals surface area contributed by atoms with Gasteiger partial charge in [-0.3, -0.25) is 14.5 Å². The third-order valence-electron chi connectivity index (χ3n) is 6.74. The first kappa shape index (κ1) is 24.1. The Labute approximate surface area is 191 Å². The van der Waals surface area contributed by atoms with E-state index in [1.807, 2.05) is 34.1 Å². The summed E-state index contributed by atoms with van der Waals surface area (Å²) in [6, 6.07) is 9.76. The Hall–Kier alpha value is -2.59. The second kappa shape index (κ2) is 10.8. The number of rotatable bonds is 8. The summed E-state index contributed by atoms with van der Waals surface area (Å²) >= 11 is 0. The highest BCUT2D eigenvalue weighted by atomic mass is 16.5. The first-order chi connectivity index (χ1) is 15.4. The number of piperazine rings is 1. The maximum atomic E-state index is 13.6. The molecule has 3 rings (SSSR count). The van der Waals surface area contributed by atoms with Gasteiger partial charge in [0, 0.05) is 39.1 Å². The molecule has 0 aromatic heterocycles. The number of methoxy groups -OCH3 is 1. The standard InChI is InChI=1S/C25H36N4O3/c1-5-6-11-29-23(30)16-21(24(29)19-7-9-20(32-4)10-8-19)25(31)28-14-12-27(13-15-28)22(17-26)18(2)3/h7-10,18,21-22,24H,5-6,11-16H2,1-4H3. The van der Waals surface area contributed by atoms with Gasteiger partial charge in [-0.2, -0.15) is 5.26 Å².